The normalized spacial score (nSPS) is 17.6. The van der Waals surface area contributed by atoms with E-state index < -0.39 is 0 Å². The number of aromatic nitrogens is 5. The Balaban J connectivity index is 1.49. The minimum atomic E-state index is 0.270. The number of hydrogen-bond donors (Lipinski definition) is 2. The van der Waals surface area contributed by atoms with Gasteiger partial charge in [0.2, 0.25) is 11.8 Å². The maximum absolute atomic E-state index is 5.13. The lowest BCUT2D eigenvalue weighted by atomic mass is 10.3. The molecule has 3 aromatic heterocycles. The topological polar surface area (TPSA) is 91.9 Å². The number of anilines is 2. The molecule has 118 valence electrons. The zero-order valence-corrected chi connectivity index (χ0v) is 12.7. The van der Waals surface area contributed by atoms with Gasteiger partial charge < -0.3 is 19.9 Å². The summed E-state index contributed by atoms with van der Waals surface area (Å²) in [5.41, 5.74) is 0.863. The molecule has 1 aliphatic rings. The molecule has 1 unspecified atom stereocenters. The Morgan fingerprint density at radius 3 is 3.17 bits per heavy atom. The van der Waals surface area contributed by atoms with E-state index in [4.69, 9.17) is 4.74 Å². The highest BCUT2D eigenvalue weighted by Gasteiger charge is 2.25. The van der Waals surface area contributed by atoms with E-state index in [1.165, 1.54) is 0 Å². The third-order valence-corrected chi connectivity index (χ3v) is 3.99. The number of hydrogen-bond acceptors (Lipinski definition) is 7. The Bertz CT molecular complexity index is 818. The van der Waals surface area contributed by atoms with Crippen molar-refractivity contribution in [2.75, 3.05) is 30.4 Å². The number of rotatable bonds is 4. The standard InChI is InChI=1S/C15H17N7O/c1-23-12-3-6-17-15(21-12)20-10-4-7-22(8-10)14-11-2-5-16-13(11)18-9-19-14/h2-3,5-6,9-10H,4,7-8H2,1H3,(H,16,18,19)(H,17,20,21). The van der Waals surface area contributed by atoms with Crippen LogP contribution in [0.3, 0.4) is 0 Å². The molecule has 1 fully saturated rings. The SMILES string of the molecule is COc1ccnc(NC2CCN(c3ncnc4[nH]ccc34)C2)n1. The van der Waals surface area contributed by atoms with E-state index >= 15 is 0 Å². The summed E-state index contributed by atoms with van der Waals surface area (Å²) >= 11 is 0. The van der Waals surface area contributed by atoms with Crippen molar-refractivity contribution in [1.29, 1.82) is 0 Å². The Hall–Kier alpha value is -2.90. The van der Waals surface area contributed by atoms with Crippen molar-refractivity contribution in [3.8, 4) is 5.88 Å². The molecule has 0 amide bonds. The third-order valence-electron chi connectivity index (χ3n) is 3.99. The van der Waals surface area contributed by atoms with Crippen LogP contribution in [0.2, 0.25) is 0 Å². The molecule has 0 aliphatic carbocycles. The van der Waals surface area contributed by atoms with E-state index in [0.29, 0.717) is 11.8 Å². The highest BCUT2D eigenvalue weighted by Crippen LogP contribution is 2.26. The van der Waals surface area contributed by atoms with Crippen molar-refractivity contribution >= 4 is 22.8 Å². The summed E-state index contributed by atoms with van der Waals surface area (Å²) < 4.78 is 5.13. The van der Waals surface area contributed by atoms with E-state index in [0.717, 1.165) is 36.4 Å². The first-order valence-corrected chi connectivity index (χ1v) is 7.50. The summed E-state index contributed by atoms with van der Waals surface area (Å²) in [6.07, 6.45) is 6.17. The third kappa shape index (κ3) is 2.63. The molecule has 0 bridgehead atoms. The van der Waals surface area contributed by atoms with E-state index in [2.05, 4.69) is 35.1 Å². The molecule has 1 aliphatic heterocycles. The van der Waals surface area contributed by atoms with Gasteiger partial charge in [0.1, 0.15) is 17.8 Å². The predicted molar refractivity (Wildman–Crippen MR) is 86.7 cm³/mol. The van der Waals surface area contributed by atoms with Gasteiger partial charge in [-0.15, -0.1) is 0 Å². The molecule has 8 nitrogen and oxygen atoms in total. The quantitative estimate of drug-likeness (QED) is 0.753. The lowest BCUT2D eigenvalue weighted by molar-refractivity contribution is 0.397. The Morgan fingerprint density at radius 1 is 1.30 bits per heavy atom. The van der Waals surface area contributed by atoms with Crippen molar-refractivity contribution in [2.24, 2.45) is 0 Å². The van der Waals surface area contributed by atoms with Gasteiger partial charge in [-0.1, -0.05) is 0 Å². The van der Waals surface area contributed by atoms with Crippen molar-refractivity contribution in [1.82, 2.24) is 24.9 Å². The van der Waals surface area contributed by atoms with Crippen molar-refractivity contribution in [2.45, 2.75) is 12.5 Å². The van der Waals surface area contributed by atoms with Crippen LogP contribution in [0.25, 0.3) is 11.0 Å². The second-order valence-electron chi connectivity index (χ2n) is 5.44. The van der Waals surface area contributed by atoms with Gasteiger partial charge in [-0.3, -0.25) is 0 Å². The van der Waals surface area contributed by atoms with Crippen molar-refractivity contribution in [3.05, 3.63) is 30.9 Å². The number of nitrogens with zero attached hydrogens (tertiary/aromatic N) is 5. The van der Waals surface area contributed by atoms with Crippen molar-refractivity contribution < 1.29 is 4.74 Å². The minimum Gasteiger partial charge on any atom is -0.481 e. The van der Waals surface area contributed by atoms with Gasteiger partial charge in [0, 0.05) is 37.6 Å². The largest absolute Gasteiger partial charge is 0.481 e. The molecule has 2 N–H and O–H groups in total. The molecule has 0 radical (unpaired) electrons. The Kier molecular flexibility index (Phi) is 3.41. The molecular weight excluding hydrogens is 294 g/mol. The highest BCUT2D eigenvalue weighted by atomic mass is 16.5. The van der Waals surface area contributed by atoms with Crippen LogP contribution in [0.1, 0.15) is 6.42 Å². The summed E-state index contributed by atoms with van der Waals surface area (Å²) in [4.78, 5) is 22.6. The van der Waals surface area contributed by atoms with E-state index in [9.17, 15) is 0 Å². The summed E-state index contributed by atoms with van der Waals surface area (Å²) in [6.45, 7) is 1.77. The lowest BCUT2D eigenvalue weighted by Crippen LogP contribution is -2.27. The zero-order chi connectivity index (χ0) is 15.6. The highest BCUT2D eigenvalue weighted by molar-refractivity contribution is 5.87. The number of aromatic amines is 1. The number of fused-ring (bicyclic) bond motifs is 1. The van der Waals surface area contributed by atoms with E-state index in [1.54, 1.807) is 25.7 Å². The van der Waals surface area contributed by atoms with Gasteiger partial charge in [0.15, 0.2) is 0 Å². The molecule has 0 saturated carbocycles. The monoisotopic (exact) mass is 311 g/mol. The Labute approximate surface area is 133 Å². The first-order valence-electron chi connectivity index (χ1n) is 7.50. The van der Waals surface area contributed by atoms with Gasteiger partial charge in [-0.05, 0) is 12.5 Å². The summed E-state index contributed by atoms with van der Waals surface area (Å²) in [5, 5.41) is 4.41. The average molecular weight is 311 g/mol. The van der Waals surface area contributed by atoms with Crippen LogP contribution in [0, 0.1) is 0 Å². The summed E-state index contributed by atoms with van der Waals surface area (Å²) in [7, 11) is 1.60. The summed E-state index contributed by atoms with van der Waals surface area (Å²) in [6, 6.07) is 4.01. The molecule has 3 aromatic rings. The average Bonchev–Trinajstić information content (AvgIpc) is 3.23. The minimum absolute atomic E-state index is 0.270. The second kappa shape index (κ2) is 5.71. The first kappa shape index (κ1) is 13.7. The number of ether oxygens (including phenoxy) is 1. The molecule has 0 aromatic carbocycles. The van der Waals surface area contributed by atoms with Gasteiger partial charge in [-0.2, -0.15) is 4.98 Å². The van der Waals surface area contributed by atoms with Crippen LogP contribution in [0.15, 0.2) is 30.9 Å². The fraction of sp³-hybridized carbons (Fsp3) is 0.333. The molecule has 8 heteroatoms. The number of nitrogens with one attached hydrogen (secondary N) is 2. The van der Waals surface area contributed by atoms with Crippen LogP contribution in [-0.2, 0) is 0 Å². The van der Waals surface area contributed by atoms with E-state index in [1.807, 2.05) is 12.3 Å². The van der Waals surface area contributed by atoms with Gasteiger partial charge in [0.05, 0.1) is 12.5 Å². The van der Waals surface area contributed by atoms with Crippen LogP contribution in [-0.4, -0.2) is 51.2 Å². The fourth-order valence-electron chi connectivity index (χ4n) is 2.89. The smallest absolute Gasteiger partial charge is 0.226 e. The Morgan fingerprint density at radius 2 is 2.26 bits per heavy atom. The fourth-order valence-corrected chi connectivity index (χ4v) is 2.89. The maximum atomic E-state index is 5.13. The number of methoxy groups -OCH3 is 1. The van der Waals surface area contributed by atoms with E-state index in [-0.39, 0.29) is 6.04 Å². The lowest BCUT2D eigenvalue weighted by Gasteiger charge is -2.18. The molecular formula is C15H17N7O. The second-order valence-corrected chi connectivity index (χ2v) is 5.44. The maximum Gasteiger partial charge on any atom is 0.226 e. The molecule has 1 saturated heterocycles. The van der Waals surface area contributed by atoms with Crippen LogP contribution < -0.4 is 15.0 Å². The molecule has 4 heterocycles. The van der Waals surface area contributed by atoms with Crippen LogP contribution in [0.4, 0.5) is 11.8 Å². The van der Waals surface area contributed by atoms with Gasteiger partial charge >= 0.3 is 0 Å². The molecule has 23 heavy (non-hydrogen) atoms. The first-order chi connectivity index (χ1) is 11.3. The van der Waals surface area contributed by atoms with Gasteiger partial charge in [0.25, 0.3) is 0 Å². The van der Waals surface area contributed by atoms with Crippen molar-refractivity contribution in [3.63, 3.8) is 0 Å². The molecule has 1 atom stereocenters. The predicted octanol–water partition coefficient (Wildman–Crippen LogP) is 1.45. The van der Waals surface area contributed by atoms with Crippen LogP contribution in [0.5, 0.6) is 5.88 Å². The molecule has 4 rings (SSSR count). The zero-order valence-electron chi connectivity index (χ0n) is 12.7. The van der Waals surface area contributed by atoms with Crippen LogP contribution >= 0.6 is 0 Å². The summed E-state index contributed by atoms with van der Waals surface area (Å²) in [5.74, 6) is 2.11. The van der Waals surface area contributed by atoms with Gasteiger partial charge in [-0.25, -0.2) is 15.0 Å². The molecule has 0 spiro atoms. The number of H-pyrrole nitrogens is 1.